The second kappa shape index (κ2) is 10.7. The van der Waals surface area contributed by atoms with E-state index in [1.165, 1.54) is 16.3 Å². The molecule has 0 bridgehead atoms. The molecule has 0 saturated carbocycles. The van der Waals surface area contributed by atoms with Crippen LogP contribution in [-0.4, -0.2) is 32.7 Å². The molecule has 0 aliphatic carbocycles. The number of rotatable bonds is 4. The van der Waals surface area contributed by atoms with Crippen molar-refractivity contribution < 1.29 is 40.0 Å². The Morgan fingerprint density at radius 1 is 0.711 bits per heavy atom. The number of benzene rings is 3. The highest BCUT2D eigenvalue weighted by Crippen LogP contribution is 2.31. The summed E-state index contributed by atoms with van der Waals surface area (Å²) in [5, 5.41) is 2.44. The molecule has 0 atom stereocenters. The van der Waals surface area contributed by atoms with Crippen molar-refractivity contribution >= 4 is 26.4 Å². The maximum atomic E-state index is 10.7. The molecule has 6 nitrogen and oxygen atoms in total. The lowest BCUT2D eigenvalue weighted by atomic mass is 10.0. The Balaban J connectivity index is 0.000000368. The highest BCUT2D eigenvalue weighted by Gasteiger charge is 2.37. The Labute approximate surface area is 217 Å². The molecule has 2 heterocycles. The molecule has 0 N–H and O–H groups in total. The number of halogens is 3. The van der Waals surface area contributed by atoms with Crippen molar-refractivity contribution in [2.75, 3.05) is 14.2 Å². The first kappa shape index (κ1) is 26.9. The molecule has 5 rings (SSSR count). The minimum atomic E-state index is -6.09. The molecule has 38 heavy (non-hydrogen) atoms. The molecule has 5 aromatic rings. The molecular formula is C28H22F3NO5S. The number of pyridine rings is 2. The van der Waals surface area contributed by atoms with Gasteiger partial charge < -0.3 is 14.0 Å². The van der Waals surface area contributed by atoms with E-state index in [1.807, 2.05) is 24.3 Å². The van der Waals surface area contributed by atoms with Gasteiger partial charge in [-0.05, 0) is 41.8 Å². The molecule has 0 amide bonds. The third-order valence-electron chi connectivity index (χ3n) is 5.76. The van der Waals surface area contributed by atoms with Gasteiger partial charge in [-0.3, -0.25) is 0 Å². The average Bonchev–Trinajstić information content (AvgIpc) is 2.91. The largest absolute Gasteiger partial charge is 0.741 e. The second-order valence-corrected chi connectivity index (χ2v) is 9.49. The van der Waals surface area contributed by atoms with Crippen molar-refractivity contribution in [3.63, 3.8) is 0 Å². The van der Waals surface area contributed by atoms with Gasteiger partial charge in [0.2, 0.25) is 16.9 Å². The van der Waals surface area contributed by atoms with E-state index < -0.39 is 15.6 Å². The van der Waals surface area contributed by atoms with Crippen LogP contribution >= 0.6 is 0 Å². The van der Waals surface area contributed by atoms with Crippen LogP contribution in [0.3, 0.4) is 0 Å². The van der Waals surface area contributed by atoms with Crippen molar-refractivity contribution in [3.05, 3.63) is 97.1 Å². The Kier molecular flexibility index (Phi) is 7.56. The molecule has 0 aliphatic heterocycles. The number of fused-ring (bicyclic) bond motifs is 3. The fourth-order valence-electron chi connectivity index (χ4n) is 4.05. The zero-order chi connectivity index (χ0) is 27.5. The minimum Gasteiger partial charge on any atom is -0.741 e. The van der Waals surface area contributed by atoms with E-state index in [4.69, 9.17) is 22.4 Å². The minimum absolute atomic E-state index is 0.768. The average molecular weight is 542 g/mol. The van der Waals surface area contributed by atoms with E-state index in [2.05, 4.69) is 77.2 Å². The Hall–Kier alpha value is -4.15. The van der Waals surface area contributed by atoms with Gasteiger partial charge in [0.25, 0.3) is 0 Å². The summed E-state index contributed by atoms with van der Waals surface area (Å²) in [5.41, 5.74) is -0.0652. The zero-order valence-electron chi connectivity index (χ0n) is 20.3. The summed E-state index contributed by atoms with van der Waals surface area (Å²) < 4.78 is 72.3. The van der Waals surface area contributed by atoms with Crippen LogP contribution in [0.2, 0.25) is 0 Å². The van der Waals surface area contributed by atoms with Crippen molar-refractivity contribution in [2.24, 2.45) is 0 Å². The van der Waals surface area contributed by atoms with Crippen LogP contribution in [0, 0.1) is 0 Å². The van der Waals surface area contributed by atoms with Gasteiger partial charge in [-0.2, -0.15) is 17.6 Å². The van der Waals surface area contributed by atoms with E-state index in [9.17, 15) is 13.2 Å². The van der Waals surface area contributed by atoms with Crippen LogP contribution in [0.15, 0.2) is 97.1 Å². The summed E-state index contributed by atoms with van der Waals surface area (Å²) in [6.07, 6.45) is 0. The maximum Gasteiger partial charge on any atom is 0.485 e. The fraction of sp³-hybridized carbons (Fsp3) is 0.107. The van der Waals surface area contributed by atoms with Crippen molar-refractivity contribution in [1.29, 1.82) is 0 Å². The van der Waals surface area contributed by atoms with E-state index in [0.717, 1.165) is 34.0 Å². The number of alkyl halides is 3. The fourth-order valence-corrected chi connectivity index (χ4v) is 4.05. The van der Waals surface area contributed by atoms with Gasteiger partial charge in [-0.25, -0.2) is 8.42 Å². The van der Waals surface area contributed by atoms with Crippen LogP contribution < -0.4 is 13.9 Å². The number of hydrogen-bond donors (Lipinski definition) is 0. The molecule has 0 aliphatic rings. The van der Waals surface area contributed by atoms with Gasteiger partial charge in [0.15, 0.2) is 10.1 Å². The first-order valence-electron chi connectivity index (χ1n) is 11.2. The first-order valence-corrected chi connectivity index (χ1v) is 12.6. The molecule has 0 saturated heterocycles. The number of aromatic nitrogens is 1. The summed E-state index contributed by atoms with van der Waals surface area (Å²) in [6.45, 7) is 0. The quantitative estimate of drug-likeness (QED) is 0.121. The molecule has 0 fully saturated rings. The van der Waals surface area contributed by atoms with Gasteiger partial charge in [0.1, 0.15) is 11.5 Å². The van der Waals surface area contributed by atoms with Gasteiger partial charge in [-0.1, -0.05) is 36.4 Å². The maximum absolute atomic E-state index is 10.7. The standard InChI is InChI=1S/C27H22NO2.CHF3O3S/c1-29-22-15-21(16-23(18-22)30-2)25-13-8-14-26-24-12-7-6-11-20(24)17-27(28(25)26)19-9-4-3-5-10-19;2-1(3,4)8(5,6)7/h3-18H,1-2H3;(H,5,6,7)/q+1;/p-1. The monoisotopic (exact) mass is 541 g/mol. The molecule has 0 unspecified atom stereocenters. The SMILES string of the molecule is COc1cc(OC)cc(-c2cccc3c4ccccc4cc(-c4ccccc4)[n+]23)c1.O=S(=O)([O-])C(F)(F)F. The first-order chi connectivity index (χ1) is 18.0. The lowest BCUT2D eigenvalue weighted by Gasteiger charge is -2.10. The second-order valence-electron chi connectivity index (χ2n) is 8.12. The summed E-state index contributed by atoms with van der Waals surface area (Å²) in [6, 6.07) is 33.7. The molecule has 2 aromatic heterocycles. The van der Waals surface area contributed by atoms with E-state index in [1.54, 1.807) is 14.2 Å². The van der Waals surface area contributed by atoms with Crippen molar-refractivity contribution in [1.82, 2.24) is 0 Å². The van der Waals surface area contributed by atoms with E-state index in [-0.39, 0.29) is 0 Å². The number of ether oxygens (including phenoxy) is 2. The number of nitrogens with zero attached hydrogens (tertiary/aromatic N) is 1. The normalized spacial score (nSPS) is 11.6. The molecule has 10 heteroatoms. The molecule has 3 aromatic carbocycles. The summed E-state index contributed by atoms with van der Waals surface area (Å²) in [7, 11) is -2.73. The van der Waals surface area contributed by atoms with Crippen molar-refractivity contribution in [2.45, 2.75) is 5.51 Å². The lowest BCUT2D eigenvalue weighted by molar-refractivity contribution is -0.485. The van der Waals surface area contributed by atoms with E-state index in [0.29, 0.717) is 0 Å². The van der Waals surface area contributed by atoms with Gasteiger partial charge >= 0.3 is 5.51 Å². The third kappa shape index (κ3) is 5.56. The molecule has 0 spiro atoms. The van der Waals surface area contributed by atoms with Crippen LogP contribution in [-0.2, 0) is 10.1 Å². The van der Waals surface area contributed by atoms with Gasteiger partial charge in [0.05, 0.1) is 25.2 Å². The van der Waals surface area contributed by atoms with Crippen LogP contribution in [0.4, 0.5) is 13.2 Å². The molecular weight excluding hydrogens is 519 g/mol. The number of hydrogen-bond acceptors (Lipinski definition) is 5. The Morgan fingerprint density at radius 2 is 1.29 bits per heavy atom. The van der Waals surface area contributed by atoms with Crippen LogP contribution in [0.25, 0.3) is 38.8 Å². The Bertz CT molecular complexity index is 1680. The Morgan fingerprint density at radius 3 is 1.87 bits per heavy atom. The van der Waals surface area contributed by atoms with Crippen LogP contribution in [0.1, 0.15) is 0 Å². The van der Waals surface area contributed by atoms with E-state index >= 15 is 0 Å². The number of methoxy groups -OCH3 is 2. The van der Waals surface area contributed by atoms with Crippen LogP contribution in [0.5, 0.6) is 11.5 Å². The van der Waals surface area contributed by atoms with Gasteiger partial charge in [0, 0.05) is 29.8 Å². The molecule has 0 radical (unpaired) electrons. The lowest BCUT2D eigenvalue weighted by Crippen LogP contribution is -2.28. The highest BCUT2D eigenvalue weighted by atomic mass is 32.2. The van der Waals surface area contributed by atoms with Crippen molar-refractivity contribution in [3.8, 4) is 34.0 Å². The summed E-state index contributed by atoms with van der Waals surface area (Å²) in [5.74, 6) is 1.54. The molecule has 196 valence electrons. The topological polar surface area (TPSA) is 79.8 Å². The highest BCUT2D eigenvalue weighted by molar-refractivity contribution is 7.86. The zero-order valence-corrected chi connectivity index (χ0v) is 21.1. The predicted molar refractivity (Wildman–Crippen MR) is 137 cm³/mol. The summed E-state index contributed by atoms with van der Waals surface area (Å²) in [4.78, 5) is 0. The summed E-state index contributed by atoms with van der Waals surface area (Å²) >= 11 is 0. The van der Waals surface area contributed by atoms with Gasteiger partial charge in [-0.15, -0.1) is 0 Å². The predicted octanol–water partition coefficient (Wildman–Crippen LogP) is 5.98. The third-order valence-corrected chi connectivity index (χ3v) is 6.33. The smallest absolute Gasteiger partial charge is 0.485 e.